The van der Waals surface area contributed by atoms with E-state index in [1.807, 2.05) is 21.1 Å². The molecule has 0 rings (SSSR count). The van der Waals surface area contributed by atoms with E-state index in [1.54, 1.807) is 0 Å². The Morgan fingerprint density at radius 2 is 0.900 bits per heavy atom. The van der Waals surface area contributed by atoms with Crippen molar-refractivity contribution in [2.75, 3.05) is 47.5 Å². The Balaban J connectivity index is 4.30. The van der Waals surface area contributed by atoms with Gasteiger partial charge in [0, 0.05) is 12.8 Å². The molecule has 0 fully saturated rings. The quantitative estimate of drug-likeness (QED) is 0.0196. The Morgan fingerprint density at radius 1 is 0.517 bits per heavy atom. The molecule has 10 heteroatoms. The minimum absolute atomic E-state index is 0.0336. The summed E-state index contributed by atoms with van der Waals surface area (Å²) >= 11 is 0. The zero-order valence-electron chi connectivity index (χ0n) is 39.7. The fourth-order valence-corrected chi connectivity index (χ4v) is 7.51. The molecule has 0 aromatic rings. The first-order chi connectivity index (χ1) is 29.0. The number of phosphoric ester groups is 1. The number of rotatable bonds is 45. The Kier molecular flexibility index (Phi) is 41.3. The van der Waals surface area contributed by atoms with E-state index in [-0.39, 0.29) is 26.1 Å². The molecule has 0 aliphatic rings. The zero-order chi connectivity index (χ0) is 44.3. The maximum Gasteiger partial charge on any atom is 0.306 e. The number of allylic oxidation sites excluding steroid dienone is 6. The van der Waals surface area contributed by atoms with E-state index in [0.29, 0.717) is 23.9 Å². The molecule has 0 amide bonds. The predicted molar refractivity (Wildman–Crippen MR) is 250 cm³/mol. The number of carbonyl (C=O) groups is 2. The molecule has 0 bridgehead atoms. The van der Waals surface area contributed by atoms with Gasteiger partial charge >= 0.3 is 11.9 Å². The van der Waals surface area contributed by atoms with Gasteiger partial charge in [-0.2, -0.15) is 0 Å². The van der Waals surface area contributed by atoms with Crippen molar-refractivity contribution >= 4 is 19.8 Å². The van der Waals surface area contributed by atoms with Crippen LogP contribution in [0.3, 0.4) is 0 Å². The van der Waals surface area contributed by atoms with Gasteiger partial charge in [-0.3, -0.25) is 14.2 Å². The highest BCUT2D eigenvalue weighted by Gasteiger charge is 2.21. The van der Waals surface area contributed by atoms with Gasteiger partial charge in [0.2, 0.25) is 0 Å². The van der Waals surface area contributed by atoms with Crippen LogP contribution in [0.15, 0.2) is 36.5 Å². The highest BCUT2D eigenvalue weighted by Crippen LogP contribution is 2.38. The largest absolute Gasteiger partial charge is 0.756 e. The summed E-state index contributed by atoms with van der Waals surface area (Å²) in [7, 11) is 1.16. The number of carbonyl (C=O) groups excluding carboxylic acids is 2. The number of esters is 2. The fraction of sp³-hybridized carbons (Fsp3) is 0.840. The smallest absolute Gasteiger partial charge is 0.306 e. The number of phosphoric acid groups is 1. The molecule has 0 aromatic heterocycles. The molecular weight excluding hydrogens is 774 g/mol. The van der Waals surface area contributed by atoms with Crippen molar-refractivity contribution < 1.29 is 42.1 Å². The second-order valence-corrected chi connectivity index (χ2v) is 19.2. The van der Waals surface area contributed by atoms with Gasteiger partial charge in [-0.05, 0) is 51.4 Å². The van der Waals surface area contributed by atoms with E-state index in [1.165, 1.54) is 128 Å². The maximum absolute atomic E-state index is 12.7. The van der Waals surface area contributed by atoms with Crippen LogP contribution >= 0.6 is 7.82 Å². The molecule has 0 radical (unpaired) electrons. The number of unbranched alkanes of at least 4 members (excludes halogenated alkanes) is 25. The monoisotopic (exact) mass is 868 g/mol. The van der Waals surface area contributed by atoms with Crippen LogP contribution in [0, 0.1) is 0 Å². The summed E-state index contributed by atoms with van der Waals surface area (Å²) in [6.07, 6.45) is 48.8. The van der Waals surface area contributed by atoms with Crippen LogP contribution in [0.25, 0.3) is 0 Å². The lowest BCUT2D eigenvalue weighted by Crippen LogP contribution is -2.37. The molecule has 0 aliphatic carbocycles. The van der Waals surface area contributed by atoms with E-state index in [2.05, 4.69) is 50.3 Å². The van der Waals surface area contributed by atoms with Gasteiger partial charge in [-0.1, -0.05) is 192 Å². The van der Waals surface area contributed by atoms with Gasteiger partial charge in [0.15, 0.2) is 6.10 Å². The van der Waals surface area contributed by atoms with Gasteiger partial charge in [0.1, 0.15) is 19.8 Å². The third-order valence-corrected chi connectivity index (χ3v) is 11.6. The van der Waals surface area contributed by atoms with Gasteiger partial charge < -0.3 is 27.9 Å². The summed E-state index contributed by atoms with van der Waals surface area (Å²) in [5.74, 6) is -0.851. The number of hydrogen-bond acceptors (Lipinski definition) is 8. The lowest BCUT2D eigenvalue weighted by molar-refractivity contribution is -0.870. The van der Waals surface area contributed by atoms with Crippen molar-refractivity contribution in [3.8, 4) is 0 Å². The van der Waals surface area contributed by atoms with Crippen molar-refractivity contribution in [2.24, 2.45) is 0 Å². The van der Waals surface area contributed by atoms with Crippen LogP contribution < -0.4 is 4.89 Å². The van der Waals surface area contributed by atoms with E-state index < -0.39 is 32.5 Å². The number of nitrogens with zero attached hydrogens (tertiary/aromatic N) is 1. The molecule has 9 nitrogen and oxygen atoms in total. The average molecular weight is 868 g/mol. The number of hydrogen-bond donors (Lipinski definition) is 0. The third-order valence-electron chi connectivity index (χ3n) is 10.7. The van der Waals surface area contributed by atoms with Crippen LogP contribution in [0.2, 0.25) is 0 Å². The first-order valence-electron chi connectivity index (χ1n) is 24.7. The van der Waals surface area contributed by atoms with Crippen LogP contribution in [0.5, 0.6) is 0 Å². The highest BCUT2D eigenvalue weighted by atomic mass is 31.2. The second-order valence-electron chi connectivity index (χ2n) is 17.8. The standard InChI is InChI=1S/C50H94NO8P/c1-6-8-10-12-14-16-18-20-22-24-25-27-29-31-33-35-37-39-41-43-50(53)59-48(47-58-60(54,55)57-45-44-51(3,4)5)46-56-49(52)42-40-38-36-34-32-30-28-26-23-21-19-17-15-13-11-9-7-2/h15,17,21,23,28,30,48H,6-14,16,18-20,22,24-27,29,31-47H2,1-5H3/b17-15+,23-21+,30-28+/t48-/m1/s1. The number of ether oxygens (including phenoxy) is 2. The topological polar surface area (TPSA) is 111 Å². The minimum atomic E-state index is -4.63. The van der Waals surface area contributed by atoms with E-state index in [9.17, 15) is 19.0 Å². The maximum atomic E-state index is 12.7. The van der Waals surface area contributed by atoms with Crippen LogP contribution in [0.4, 0.5) is 0 Å². The Morgan fingerprint density at radius 3 is 1.37 bits per heavy atom. The van der Waals surface area contributed by atoms with Crippen molar-refractivity contribution in [1.29, 1.82) is 0 Å². The molecule has 1 unspecified atom stereocenters. The first-order valence-corrected chi connectivity index (χ1v) is 26.2. The summed E-state index contributed by atoms with van der Waals surface area (Å²) in [6, 6.07) is 0. The molecule has 352 valence electrons. The second kappa shape index (κ2) is 42.5. The molecule has 0 aromatic carbocycles. The Hall–Kier alpha value is -1.77. The molecule has 0 aliphatic heterocycles. The van der Waals surface area contributed by atoms with Gasteiger partial charge in [0.25, 0.3) is 7.82 Å². The lowest BCUT2D eigenvalue weighted by Gasteiger charge is -2.28. The summed E-state index contributed by atoms with van der Waals surface area (Å²) in [5.41, 5.74) is 0. The van der Waals surface area contributed by atoms with Crippen LogP contribution in [0.1, 0.15) is 219 Å². The SMILES string of the molecule is CCCCC/C=C/C/C=C/C/C=C/CCCCCCC(=O)OC[C@H](COP(=O)([O-])OCC[N+](C)(C)C)OC(=O)CCCCCCCCCCCCCCCCCCCCC. The minimum Gasteiger partial charge on any atom is -0.756 e. The number of quaternary nitrogens is 1. The summed E-state index contributed by atoms with van der Waals surface area (Å²) < 4.78 is 34.0. The molecule has 0 spiro atoms. The lowest BCUT2D eigenvalue weighted by atomic mass is 10.0. The molecule has 0 saturated heterocycles. The van der Waals surface area contributed by atoms with Crippen molar-refractivity contribution in [3.05, 3.63) is 36.5 Å². The molecule has 0 heterocycles. The van der Waals surface area contributed by atoms with E-state index in [4.69, 9.17) is 18.5 Å². The van der Waals surface area contributed by atoms with E-state index >= 15 is 0 Å². The summed E-state index contributed by atoms with van der Waals surface area (Å²) in [5, 5.41) is 0. The normalized spacial score (nSPS) is 13.8. The molecule has 0 N–H and O–H groups in total. The van der Waals surface area contributed by atoms with Crippen molar-refractivity contribution in [3.63, 3.8) is 0 Å². The average Bonchev–Trinajstić information content (AvgIpc) is 3.20. The summed E-state index contributed by atoms with van der Waals surface area (Å²) in [6.45, 7) is 4.20. The Labute approximate surface area is 370 Å². The molecule has 2 atom stereocenters. The first kappa shape index (κ1) is 58.2. The van der Waals surface area contributed by atoms with E-state index in [0.717, 1.165) is 51.4 Å². The fourth-order valence-electron chi connectivity index (χ4n) is 6.78. The molecular formula is C50H94NO8P. The Bertz CT molecular complexity index is 1120. The third kappa shape index (κ3) is 45.7. The van der Waals surface area contributed by atoms with Crippen LogP contribution in [-0.2, 0) is 32.7 Å². The molecule has 60 heavy (non-hydrogen) atoms. The predicted octanol–water partition coefficient (Wildman–Crippen LogP) is 13.8. The van der Waals surface area contributed by atoms with Crippen LogP contribution in [-0.4, -0.2) is 70.0 Å². The molecule has 0 saturated carbocycles. The number of likely N-dealkylation sites (N-methyl/N-ethyl adjacent to an activating group) is 1. The van der Waals surface area contributed by atoms with Gasteiger partial charge in [-0.15, -0.1) is 0 Å². The van der Waals surface area contributed by atoms with Crippen molar-refractivity contribution in [2.45, 2.75) is 225 Å². The van der Waals surface area contributed by atoms with Gasteiger partial charge in [-0.25, -0.2) is 0 Å². The zero-order valence-corrected chi connectivity index (χ0v) is 40.6. The van der Waals surface area contributed by atoms with Gasteiger partial charge in [0.05, 0.1) is 27.7 Å². The summed E-state index contributed by atoms with van der Waals surface area (Å²) in [4.78, 5) is 37.7. The van der Waals surface area contributed by atoms with Crippen molar-refractivity contribution in [1.82, 2.24) is 0 Å². The highest BCUT2D eigenvalue weighted by molar-refractivity contribution is 7.45.